The smallest absolute Gasteiger partial charge is 0.151 e. The third kappa shape index (κ3) is 4.99. The van der Waals surface area contributed by atoms with Gasteiger partial charge >= 0.3 is 0 Å². The molecule has 0 saturated heterocycles. The van der Waals surface area contributed by atoms with Crippen molar-refractivity contribution < 1.29 is 12.8 Å². The summed E-state index contributed by atoms with van der Waals surface area (Å²) in [6, 6.07) is 8.30. The highest BCUT2D eigenvalue weighted by molar-refractivity contribution is 7.89. The van der Waals surface area contributed by atoms with Gasteiger partial charge in [0.2, 0.25) is 0 Å². The summed E-state index contributed by atoms with van der Waals surface area (Å²) in [7, 11) is -1.37. The van der Waals surface area contributed by atoms with Gasteiger partial charge in [0, 0.05) is 42.3 Å². The zero-order valence-electron chi connectivity index (χ0n) is 18.6. The van der Waals surface area contributed by atoms with Gasteiger partial charge in [0.1, 0.15) is 17.2 Å². The van der Waals surface area contributed by atoms with Gasteiger partial charge in [-0.2, -0.15) is 5.10 Å². The Bertz CT molecular complexity index is 1470. The van der Waals surface area contributed by atoms with Crippen molar-refractivity contribution >= 4 is 44.0 Å². The van der Waals surface area contributed by atoms with Crippen LogP contribution in [0.2, 0.25) is 5.02 Å². The van der Waals surface area contributed by atoms with Crippen LogP contribution in [0, 0.1) is 5.82 Å². The van der Waals surface area contributed by atoms with Crippen LogP contribution in [0.15, 0.2) is 42.7 Å². The molecule has 0 radical (unpaired) electrons. The second-order valence-corrected chi connectivity index (χ2v) is 10.9. The number of hydrogen-bond donors (Lipinski definition) is 1. The van der Waals surface area contributed by atoms with Crippen molar-refractivity contribution in [3.8, 4) is 11.1 Å². The monoisotopic (exact) mass is 487 g/mol. The Labute approximate surface area is 196 Å². The van der Waals surface area contributed by atoms with E-state index in [-0.39, 0.29) is 11.7 Å². The van der Waals surface area contributed by atoms with Crippen LogP contribution in [0.5, 0.6) is 0 Å². The highest BCUT2D eigenvalue weighted by Crippen LogP contribution is 2.35. The molecular formula is C23H23ClFN5O2S. The second kappa shape index (κ2) is 8.72. The predicted octanol–water partition coefficient (Wildman–Crippen LogP) is 5.23. The summed E-state index contributed by atoms with van der Waals surface area (Å²) < 4.78 is 39.8. The van der Waals surface area contributed by atoms with Crippen LogP contribution in [0.25, 0.3) is 22.0 Å². The fourth-order valence-electron chi connectivity index (χ4n) is 3.91. The number of hydrogen-bond acceptors (Lipinski definition) is 6. The minimum absolute atomic E-state index is 0.0912. The average molecular weight is 488 g/mol. The van der Waals surface area contributed by atoms with E-state index in [1.54, 1.807) is 29.9 Å². The van der Waals surface area contributed by atoms with Crippen molar-refractivity contribution in [3.05, 3.63) is 64.8 Å². The lowest BCUT2D eigenvalue weighted by molar-refractivity contribution is 0.601. The van der Waals surface area contributed by atoms with Crippen LogP contribution in [0.4, 0.5) is 16.0 Å². The first kappa shape index (κ1) is 23.1. The number of fused-ring (bicyclic) bond motifs is 1. The normalized spacial score (nSPS) is 12.0. The minimum atomic E-state index is -3.18. The number of nitrogens with zero attached hydrogens (tertiary/aromatic N) is 4. The molecule has 0 aliphatic heterocycles. The van der Waals surface area contributed by atoms with Gasteiger partial charge in [0.15, 0.2) is 15.7 Å². The first-order valence-corrected chi connectivity index (χ1v) is 12.7. The molecule has 0 bridgehead atoms. The molecule has 4 rings (SSSR count). The third-order valence-corrected chi connectivity index (χ3v) is 6.32. The number of nitrogens with one attached hydrogen (secondary N) is 1. The number of pyridine rings is 2. The van der Waals surface area contributed by atoms with Gasteiger partial charge in [-0.25, -0.2) is 22.8 Å². The van der Waals surface area contributed by atoms with Gasteiger partial charge in [-0.1, -0.05) is 25.4 Å². The van der Waals surface area contributed by atoms with Crippen molar-refractivity contribution in [2.45, 2.75) is 25.5 Å². The zero-order valence-corrected chi connectivity index (χ0v) is 20.2. The third-order valence-electron chi connectivity index (χ3n) is 5.16. The Morgan fingerprint density at radius 1 is 1.15 bits per heavy atom. The van der Waals surface area contributed by atoms with Gasteiger partial charge in [-0.15, -0.1) is 0 Å². The molecule has 0 saturated carbocycles. The van der Waals surface area contributed by atoms with Gasteiger partial charge in [0.25, 0.3) is 0 Å². The van der Waals surface area contributed by atoms with Gasteiger partial charge in [-0.3, -0.25) is 4.68 Å². The zero-order chi connectivity index (χ0) is 23.9. The van der Waals surface area contributed by atoms with E-state index in [0.717, 1.165) is 11.1 Å². The van der Waals surface area contributed by atoms with Crippen LogP contribution >= 0.6 is 11.6 Å². The van der Waals surface area contributed by atoms with E-state index in [4.69, 9.17) is 11.6 Å². The maximum Gasteiger partial charge on any atom is 0.151 e. The van der Waals surface area contributed by atoms with Crippen molar-refractivity contribution in [3.63, 3.8) is 0 Å². The predicted molar refractivity (Wildman–Crippen MR) is 129 cm³/mol. The van der Waals surface area contributed by atoms with Crippen LogP contribution in [0.1, 0.15) is 31.0 Å². The fourth-order valence-corrected chi connectivity index (χ4v) is 4.91. The molecule has 0 atom stereocenters. The van der Waals surface area contributed by atoms with Gasteiger partial charge in [-0.05, 0) is 47.4 Å². The Balaban J connectivity index is 1.74. The summed E-state index contributed by atoms with van der Waals surface area (Å²) in [5.41, 5.74) is 3.06. The Morgan fingerprint density at radius 3 is 2.58 bits per heavy atom. The quantitative estimate of drug-likeness (QED) is 0.400. The summed E-state index contributed by atoms with van der Waals surface area (Å²) in [6.45, 7) is 4.07. The summed E-state index contributed by atoms with van der Waals surface area (Å²) in [6.07, 6.45) is 4.18. The highest BCUT2D eigenvalue weighted by Gasteiger charge is 2.18. The van der Waals surface area contributed by atoms with Crippen LogP contribution in [-0.2, 0) is 22.6 Å². The Kier molecular flexibility index (Phi) is 6.11. The molecule has 3 aromatic heterocycles. The van der Waals surface area contributed by atoms with Crippen molar-refractivity contribution in [2.75, 3.05) is 11.6 Å². The van der Waals surface area contributed by atoms with E-state index in [0.29, 0.717) is 38.9 Å². The Hall–Kier alpha value is -3.04. The van der Waals surface area contributed by atoms with E-state index in [1.165, 1.54) is 24.7 Å². The summed E-state index contributed by atoms with van der Waals surface area (Å²) in [4.78, 5) is 8.52. The van der Waals surface area contributed by atoms with Gasteiger partial charge < -0.3 is 5.32 Å². The van der Waals surface area contributed by atoms with Crippen LogP contribution in [-0.4, -0.2) is 34.4 Å². The number of rotatable bonds is 6. The molecule has 0 aliphatic carbocycles. The van der Waals surface area contributed by atoms with Crippen molar-refractivity contribution in [1.29, 1.82) is 0 Å². The number of anilines is 2. The first-order valence-electron chi connectivity index (χ1n) is 10.2. The summed E-state index contributed by atoms with van der Waals surface area (Å²) in [5.74, 6) is 0.515. The second-order valence-electron chi connectivity index (χ2n) is 8.31. The topological polar surface area (TPSA) is 89.8 Å². The maximum absolute atomic E-state index is 14.9. The lowest BCUT2D eigenvalue weighted by Crippen LogP contribution is -2.02. The molecule has 0 aliphatic rings. The lowest BCUT2D eigenvalue weighted by atomic mass is 10.00. The molecule has 4 aromatic rings. The fraction of sp³-hybridized carbons (Fsp3) is 0.261. The molecule has 7 nitrogen and oxygen atoms in total. The summed E-state index contributed by atoms with van der Waals surface area (Å²) >= 11 is 6.43. The van der Waals surface area contributed by atoms with Crippen molar-refractivity contribution in [1.82, 2.24) is 19.7 Å². The first-order chi connectivity index (χ1) is 15.5. The number of aryl methyl sites for hydroxylation is 1. The number of halogens is 2. The molecule has 0 fully saturated rings. The number of benzene rings is 1. The van der Waals surface area contributed by atoms with E-state index in [1.807, 2.05) is 19.9 Å². The molecule has 0 amide bonds. The van der Waals surface area contributed by atoms with E-state index < -0.39 is 15.7 Å². The largest absolute Gasteiger partial charge is 0.325 e. The SMILES string of the molecule is CC(C)c1c2cc(-c3cc(Nc4cc(CS(C)(=O)=O)ccn4)ncc3Cl)cc(F)c2nn1C. The average Bonchev–Trinajstić information content (AvgIpc) is 3.05. The summed E-state index contributed by atoms with van der Waals surface area (Å²) in [5, 5.41) is 8.50. The minimum Gasteiger partial charge on any atom is -0.325 e. The van der Waals surface area contributed by atoms with Crippen molar-refractivity contribution in [2.24, 2.45) is 7.05 Å². The molecule has 0 spiro atoms. The number of aromatic nitrogens is 4. The molecule has 1 N–H and O–H groups in total. The standard InChI is InChI=1S/C23H23ClFN5O2S/c1-13(2)23-17-8-15(9-19(25)22(17)29-30(23)3)16-10-21(27-11-18(16)24)28-20-7-14(5-6-26-20)12-33(4,31)32/h5-11,13H,12H2,1-4H3,(H,26,27,28). The van der Waals surface area contributed by atoms with Gasteiger partial charge in [0.05, 0.1) is 10.8 Å². The van der Waals surface area contributed by atoms with Crippen LogP contribution in [0.3, 0.4) is 0 Å². The number of sulfone groups is 1. The highest BCUT2D eigenvalue weighted by atomic mass is 35.5. The van der Waals surface area contributed by atoms with Crippen LogP contribution < -0.4 is 5.32 Å². The lowest BCUT2D eigenvalue weighted by Gasteiger charge is -2.11. The molecule has 172 valence electrons. The molecule has 33 heavy (non-hydrogen) atoms. The molecule has 10 heteroatoms. The van der Waals surface area contributed by atoms with E-state index in [9.17, 15) is 12.8 Å². The Morgan fingerprint density at radius 2 is 1.88 bits per heavy atom. The molecule has 0 unspecified atom stereocenters. The molecule has 1 aromatic carbocycles. The molecular weight excluding hydrogens is 465 g/mol. The maximum atomic E-state index is 14.9. The molecule has 3 heterocycles. The van der Waals surface area contributed by atoms with E-state index >= 15 is 0 Å². The van der Waals surface area contributed by atoms with E-state index in [2.05, 4.69) is 20.4 Å².